The maximum Gasteiger partial charge on any atom is 0.362 e. The molecule has 3 N–H and O–H groups in total. The van der Waals surface area contributed by atoms with E-state index in [-0.39, 0.29) is 12.3 Å². The zero-order valence-electron chi connectivity index (χ0n) is 11.5. The van der Waals surface area contributed by atoms with Crippen LogP contribution in [0.1, 0.15) is 17.3 Å². The summed E-state index contributed by atoms with van der Waals surface area (Å²) in [5, 5.41) is 11.4. The molecule has 0 heterocycles. The molecule has 0 aromatic heterocycles. The van der Waals surface area contributed by atoms with Crippen molar-refractivity contribution in [2.75, 3.05) is 6.61 Å². The molecule has 118 valence electrons. The normalized spacial score (nSPS) is 10.8. The van der Waals surface area contributed by atoms with E-state index in [2.05, 4.69) is 21.9 Å². The molecule has 0 fully saturated rings. The van der Waals surface area contributed by atoms with Gasteiger partial charge in [0, 0.05) is 0 Å². The number of nitrogens with zero attached hydrogens (tertiary/aromatic N) is 1. The van der Waals surface area contributed by atoms with E-state index >= 15 is 0 Å². The summed E-state index contributed by atoms with van der Waals surface area (Å²) in [6.45, 7) is 4.89. The molecule has 0 aliphatic heterocycles. The summed E-state index contributed by atoms with van der Waals surface area (Å²) in [4.78, 5) is 23.1. The zero-order chi connectivity index (χ0) is 16.7. The van der Waals surface area contributed by atoms with Gasteiger partial charge >= 0.3 is 5.97 Å². The van der Waals surface area contributed by atoms with Gasteiger partial charge in [-0.05, 0) is 19.1 Å². The number of rotatable bonds is 6. The molecule has 0 atom stereocenters. The van der Waals surface area contributed by atoms with Gasteiger partial charge < -0.3 is 9.94 Å². The van der Waals surface area contributed by atoms with Crippen molar-refractivity contribution >= 4 is 17.6 Å². The van der Waals surface area contributed by atoms with Gasteiger partial charge in [-0.2, -0.15) is 0 Å². The Bertz CT molecular complexity index is 611. The molecular weight excluding hydrogens is 300 g/mol. The number of nitrogens with one attached hydrogen (secondary N) is 2. The Hall–Kier alpha value is -2.97. The zero-order valence-corrected chi connectivity index (χ0v) is 11.5. The van der Waals surface area contributed by atoms with E-state index in [4.69, 9.17) is 5.21 Å². The van der Waals surface area contributed by atoms with E-state index in [0.717, 1.165) is 18.2 Å². The Kier molecular flexibility index (Phi) is 5.99. The van der Waals surface area contributed by atoms with Crippen LogP contribution in [0.25, 0.3) is 0 Å². The minimum absolute atomic E-state index is 0.0257. The number of carbonyl (C=O) groups excluding carboxylic acids is 2. The highest BCUT2D eigenvalue weighted by atomic mass is 19.1. The van der Waals surface area contributed by atoms with Gasteiger partial charge in [0.05, 0.1) is 12.3 Å². The summed E-state index contributed by atoms with van der Waals surface area (Å²) in [5.41, 5.74) is 2.28. The second kappa shape index (κ2) is 7.72. The standard InChI is InChI=1S/C13H13F2N3O4/c1-3-22-13(20)11(18-21)7(2)16-17-12(19)10-8(14)5-4-6-9(10)15/h4-6,16,21H,2-3H2,1H3,(H,17,19). The molecule has 0 aliphatic carbocycles. The molecule has 0 aliphatic rings. The van der Waals surface area contributed by atoms with Crippen LogP contribution in [-0.2, 0) is 9.53 Å². The Morgan fingerprint density at radius 3 is 2.41 bits per heavy atom. The van der Waals surface area contributed by atoms with Gasteiger partial charge in [0.1, 0.15) is 17.2 Å². The largest absolute Gasteiger partial charge is 0.461 e. The van der Waals surface area contributed by atoms with Crippen molar-refractivity contribution in [2.24, 2.45) is 5.16 Å². The number of amides is 1. The predicted molar refractivity (Wildman–Crippen MR) is 72.0 cm³/mol. The van der Waals surface area contributed by atoms with Gasteiger partial charge in [0.2, 0.25) is 5.71 Å². The first-order valence-electron chi connectivity index (χ1n) is 6.01. The van der Waals surface area contributed by atoms with Crippen molar-refractivity contribution in [1.29, 1.82) is 0 Å². The van der Waals surface area contributed by atoms with Crippen LogP contribution >= 0.6 is 0 Å². The fourth-order valence-corrected chi connectivity index (χ4v) is 1.39. The number of carbonyl (C=O) groups is 2. The number of esters is 1. The lowest BCUT2D eigenvalue weighted by Gasteiger charge is -2.12. The van der Waals surface area contributed by atoms with Gasteiger partial charge in [0.25, 0.3) is 5.91 Å². The van der Waals surface area contributed by atoms with E-state index in [1.165, 1.54) is 6.92 Å². The number of hydrogen-bond acceptors (Lipinski definition) is 6. The smallest absolute Gasteiger partial charge is 0.362 e. The average Bonchev–Trinajstić information content (AvgIpc) is 2.46. The predicted octanol–water partition coefficient (Wildman–Crippen LogP) is 1.11. The third kappa shape index (κ3) is 4.01. The summed E-state index contributed by atoms with van der Waals surface area (Å²) in [7, 11) is 0. The van der Waals surface area contributed by atoms with E-state index in [1.807, 2.05) is 5.43 Å². The lowest BCUT2D eigenvalue weighted by molar-refractivity contribution is -0.135. The maximum atomic E-state index is 13.4. The van der Waals surface area contributed by atoms with Gasteiger partial charge in [-0.25, -0.2) is 13.6 Å². The summed E-state index contributed by atoms with van der Waals surface area (Å²) < 4.78 is 31.4. The van der Waals surface area contributed by atoms with Crippen molar-refractivity contribution in [2.45, 2.75) is 6.92 Å². The quantitative estimate of drug-likeness (QED) is 0.316. The molecular formula is C13H13F2N3O4. The molecule has 1 amide bonds. The molecule has 1 aromatic carbocycles. The maximum absolute atomic E-state index is 13.4. The van der Waals surface area contributed by atoms with Crippen molar-refractivity contribution in [1.82, 2.24) is 10.9 Å². The molecule has 0 spiro atoms. The lowest BCUT2D eigenvalue weighted by atomic mass is 10.2. The molecule has 0 unspecified atom stereocenters. The van der Waals surface area contributed by atoms with Crippen LogP contribution in [0.4, 0.5) is 8.78 Å². The third-order valence-corrected chi connectivity index (χ3v) is 2.37. The van der Waals surface area contributed by atoms with E-state index in [0.29, 0.717) is 0 Å². The van der Waals surface area contributed by atoms with Gasteiger partial charge in [-0.3, -0.25) is 15.6 Å². The van der Waals surface area contributed by atoms with Crippen LogP contribution < -0.4 is 10.9 Å². The number of halogens is 2. The third-order valence-electron chi connectivity index (χ3n) is 2.37. The van der Waals surface area contributed by atoms with Gasteiger partial charge in [-0.1, -0.05) is 17.8 Å². The van der Waals surface area contributed by atoms with Crippen LogP contribution in [-0.4, -0.2) is 29.4 Å². The van der Waals surface area contributed by atoms with E-state index in [1.54, 1.807) is 0 Å². The molecule has 1 aromatic rings. The van der Waals surface area contributed by atoms with Crippen LogP contribution in [0, 0.1) is 11.6 Å². The topological polar surface area (TPSA) is 100 Å². The average molecular weight is 313 g/mol. The molecule has 22 heavy (non-hydrogen) atoms. The van der Waals surface area contributed by atoms with Crippen molar-refractivity contribution in [3.05, 3.63) is 47.7 Å². The fourth-order valence-electron chi connectivity index (χ4n) is 1.39. The Balaban J connectivity index is 2.75. The van der Waals surface area contributed by atoms with Crippen molar-refractivity contribution < 1.29 is 28.3 Å². The van der Waals surface area contributed by atoms with Crippen molar-refractivity contribution in [3.8, 4) is 0 Å². The highest BCUT2D eigenvalue weighted by Crippen LogP contribution is 2.11. The molecule has 0 radical (unpaired) electrons. The number of benzene rings is 1. The summed E-state index contributed by atoms with van der Waals surface area (Å²) in [6, 6.07) is 2.92. The van der Waals surface area contributed by atoms with Crippen LogP contribution in [0.3, 0.4) is 0 Å². The first-order chi connectivity index (χ1) is 10.4. The lowest BCUT2D eigenvalue weighted by Crippen LogP contribution is -2.41. The van der Waals surface area contributed by atoms with E-state index < -0.39 is 34.8 Å². The highest BCUT2D eigenvalue weighted by Gasteiger charge is 2.20. The first-order valence-corrected chi connectivity index (χ1v) is 6.01. The summed E-state index contributed by atoms with van der Waals surface area (Å²) >= 11 is 0. The van der Waals surface area contributed by atoms with Gasteiger partial charge in [-0.15, -0.1) is 0 Å². The minimum atomic E-state index is -1.14. The fraction of sp³-hybridized carbons (Fsp3) is 0.154. The number of hydrogen-bond donors (Lipinski definition) is 3. The number of ether oxygens (including phenoxy) is 1. The molecule has 9 heteroatoms. The van der Waals surface area contributed by atoms with Gasteiger partial charge in [0.15, 0.2) is 0 Å². The van der Waals surface area contributed by atoms with Crippen LogP contribution in [0.5, 0.6) is 0 Å². The summed E-state index contributed by atoms with van der Waals surface area (Å²) in [5.74, 6) is -4.26. The Morgan fingerprint density at radius 2 is 1.91 bits per heavy atom. The second-order valence-electron chi connectivity index (χ2n) is 3.82. The van der Waals surface area contributed by atoms with E-state index in [9.17, 15) is 18.4 Å². The molecule has 1 rings (SSSR count). The van der Waals surface area contributed by atoms with Crippen LogP contribution in [0.2, 0.25) is 0 Å². The first kappa shape index (κ1) is 17.1. The molecule has 0 saturated carbocycles. The Morgan fingerprint density at radius 1 is 1.32 bits per heavy atom. The monoisotopic (exact) mass is 313 g/mol. The highest BCUT2D eigenvalue weighted by molar-refractivity contribution is 6.42. The number of oxime groups is 1. The molecule has 7 nitrogen and oxygen atoms in total. The molecule has 0 saturated heterocycles. The number of hydrazine groups is 1. The van der Waals surface area contributed by atoms with Crippen molar-refractivity contribution in [3.63, 3.8) is 0 Å². The Labute approximate surface area is 124 Å². The summed E-state index contributed by atoms with van der Waals surface area (Å²) in [6.07, 6.45) is 0. The molecule has 0 bridgehead atoms. The minimum Gasteiger partial charge on any atom is -0.461 e. The van der Waals surface area contributed by atoms with Crippen LogP contribution in [0.15, 0.2) is 35.6 Å². The second-order valence-corrected chi connectivity index (χ2v) is 3.82. The SMILES string of the molecule is C=C(NNC(=O)c1c(F)cccc1F)C(=NO)C(=O)OCC.